The molecule has 2 aromatic heterocycles. The summed E-state index contributed by atoms with van der Waals surface area (Å²) in [5.41, 5.74) is 3.08. The second kappa shape index (κ2) is 11.8. The normalized spacial score (nSPS) is 11.3. The molecule has 6 aromatic rings. The summed E-state index contributed by atoms with van der Waals surface area (Å²) in [7, 11) is 5.41. The number of rotatable bonds is 9. The molecule has 6 rings (SSSR count). The molecule has 44 heavy (non-hydrogen) atoms. The molecule has 0 aliphatic rings. The molecule has 2 heterocycles. The van der Waals surface area contributed by atoms with Crippen molar-refractivity contribution in [3.05, 3.63) is 118 Å². The van der Waals surface area contributed by atoms with Crippen LogP contribution in [0.3, 0.4) is 0 Å². The van der Waals surface area contributed by atoms with Gasteiger partial charge in [-0.3, -0.25) is 4.79 Å². The lowest BCUT2D eigenvalue weighted by atomic mass is 10.1. The lowest BCUT2D eigenvalue weighted by Gasteiger charge is -2.16. The minimum atomic E-state index is -1.01. The van der Waals surface area contributed by atoms with E-state index in [0.29, 0.717) is 44.9 Å². The highest BCUT2D eigenvalue weighted by Gasteiger charge is 2.18. The Morgan fingerprint density at radius 3 is 2.59 bits per heavy atom. The van der Waals surface area contributed by atoms with E-state index in [9.17, 15) is 14.7 Å². The average Bonchev–Trinajstić information content (AvgIpc) is 3.48. The Balaban J connectivity index is 1.44. The summed E-state index contributed by atoms with van der Waals surface area (Å²) in [6.45, 7) is 0.127. The first-order chi connectivity index (χ1) is 21.3. The van der Waals surface area contributed by atoms with Crippen molar-refractivity contribution in [2.24, 2.45) is 5.10 Å². The Morgan fingerprint density at radius 1 is 0.977 bits per heavy atom. The molecule has 1 N–H and O–H groups in total. The first kappa shape index (κ1) is 28.2. The highest BCUT2D eigenvalue weighted by Crippen LogP contribution is 2.33. The fourth-order valence-corrected chi connectivity index (χ4v) is 4.82. The number of anilines is 1. The lowest BCUT2D eigenvalue weighted by molar-refractivity contribution is 0.0696. The predicted molar refractivity (Wildman–Crippen MR) is 169 cm³/mol. The Hall–Kier alpha value is -5.90. The van der Waals surface area contributed by atoms with Gasteiger partial charge in [0, 0.05) is 31.4 Å². The van der Waals surface area contributed by atoms with Gasteiger partial charge in [0.1, 0.15) is 23.7 Å². The smallest absolute Gasteiger partial charge is 0.335 e. The van der Waals surface area contributed by atoms with E-state index in [1.54, 1.807) is 49.6 Å². The van der Waals surface area contributed by atoms with Crippen molar-refractivity contribution >= 4 is 39.7 Å². The fourth-order valence-electron chi connectivity index (χ4n) is 4.82. The summed E-state index contributed by atoms with van der Waals surface area (Å²) in [6.07, 6.45) is 1.53. The molecule has 0 atom stereocenters. The topological polar surface area (TPSA) is 119 Å². The molecule has 0 bridgehead atoms. The minimum Gasteiger partial charge on any atom is -0.496 e. The third kappa shape index (κ3) is 5.48. The molecule has 10 heteroatoms. The molecule has 0 unspecified atom stereocenters. The van der Waals surface area contributed by atoms with Crippen molar-refractivity contribution < 1.29 is 23.8 Å². The second-order valence-electron chi connectivity index (χ2n) is 10.2. The number of fused-ring (bicyclic) bond motifs is 2. The van der Waals surface area contributed by atoms with Crippen molar-refractivity contribution in [3.8, 4) is 23.1 Å². The number of para-hydroxylation sites is 1. The van der Waals surface area contributed by atoms with Crippen LogP contribution in [0.4, 0.5) is 5.69 Å². The van der Waals surface area contributed by atoms with Gasteiger partial charge in [0.2, 0.25) is 5.82 Å². The fraction of sp³-hybridized carbons (Fsp3) is 0.118. The minimum absolute atomic E-state index is 0.127. The van der Waals surface area contributed by atoms with Crippen LogP contribution in [0.5, 0.6) is 11.5 Å². The summed E-state index contributed by atoms with van der Waals surface area (Å²) in [5, 5.41) is 15.1. The molecule has 0 saturated carbocycles. The Labute approximate surface area is 252 Å². The van der Waals surface area contributed by atoms with Gasteiger partial charge in [0.25, 0.3) is 5.56 Å². The van der Waals surface area contributed by atoms with Gasteiger partial charge in [0.15, 0.2) is 5.76 Å². The number of aromatic carboxylic acids is 1. The second-order valence-corrected chi connectivity index (χ2v) is 10.2. The zero-order valence-corrected chi connectivity index (χ0v) is 24.2. The highest BCUT2D eigenvalue weighted by atomic mass is 16.5. The van der Waals surface area contributed by atoms with Gasteiger partial charge in [-0.1, -0.05) is 30.3 Å². The number of carboxylic acid groups (broad SMARTS) is 1. The third-order valence-electron chi connectivity index (χ3n) is 7.11. The maximum atomic E-state index is 13.8. The van der Waals surface area contributed by atoms with Gasteiger partial charge in [-0.2, -0.15) is 9.78 Å². The molecule has 0 aliphatic heterocycles. The van der Waals surface area contributed by atoms with E-state index >= 15 is 0 Å². The van der Waals surface area contributed by atoms with E-state index in [1.165, 1.54) is 17.0 Å². The Morgan fingerprint density at radius 2 is 1.80 bits per heavy atom. The maximum absolute atomic E-state index is 13.8. The molecular formula is C34H28N4O6. The van der Waals surface area contributed by atoms with Crippen molar-refractivity contribution in [2.75, 3.05) is 26.1 Å². The Kier molecular flexibility index (Phi) is 7.55. The number of methoxy groups -OCH3 is 1. The van der Waals surface area contributed by atoms with E-state index in [0.717, 1.165) is 11.1 Å². The summed E-state index contributed by atoms with van der Waals surface area (Å²) in [6, 6.07) is 26.5. The molecule has 0 radical (unpaired) electrons. The number of hydrogen-bond donors (Lipinski definition) is 1. The SMILES string of the molecule is COc1cccc2oc(-c3nc4ccccc4c(=O)n3N=Cc3ccc(N(C)C)cc3OCc3cccc(C(=O)O)c3)cc12. The molecule has 0 fully saturated rings. The van der Waals surface area contributed by atoms with E-state index in [-0.39, 0.29) is 23.6 Å². The number of nitrogens with zero attached hydrogens (tertiary/aromatic N) is 4. The standard InChI is InChI=1S/C34H28N4O6/c1-37(2)24-15-14-23(30(17-24)43-20-21-8-6-9-22(16-21)34(40)41)19-35-38-32(36-27-11-5-4-10-25(27)33(38)39)31-18-26-28(42-3)12-7-13-29(26)44-31/h4-19H,20H2,1-3H3,(H,40,41). The number of furan rings is 1. The van der Waals surface area contributed by atoms with Crippen LogP contribution in [-0.2, 0) is 6.61 Å². The number of hydrogen-bond acceptors (Lipinski definition) is 8. The van der Waals surface area contributed by atoms with Crippen LogP contribution >= 0.6 is 0 Å². The summed E-state index contributed by atoms with van der Waals surface area (Å²) in [5.74, 6) is 0.690. The van der Waals surface area contributed by atoms with Crippen molar-refractivity contribution in [3.63, 3.8) is 0 Å². The van der Waals surface area contributed by atoms with Gasteiger partial charge in [-0.05, 0) is 60.2 Å². The average molecular weight is 589 g/mol. The quantitative estimate of drug-likeness (QED) is 0.203. The number of carbonyl (C=O) groups is 1. The van der Waals surface area contributed by atoms with Gasteiger partial charge in [-0.15, -0.1) is 0 Å². The monoisotopic (exact) mass is 588 g/mol. The molecule has 4 aromatic carbocycles. The maximum Gasteiger partial charge on any atom is 0.335 e. The summed E-state index contributed by atoms with van der Waals surface area (Å²) in [4.78, 5) is 31.9. The zero-order valence-electron chi connectivity index (χ0n) is 24.2. The molecule has 10 nitrogen and oxygen atoms in total. The van der Waals surface area contributed by atoms with Crippen LogP contribution in [0.25, 0.3) is 33.5 Å². The number of benzene rings is 4. The van der Waals surface area contributed by atoms with Gasteiger partial charge in [-0.25, -0.2) is 9.78 Å². The number of carboxylic acids is 1. The molecule has 220 valence electrons. The van der Waals surface area contributed by atoms with Crippen molar-refractivity contribution in [2.45, 2.75) is 6.61 Å². The van der Waals surface area contributed by atoms with Gasteiger partial charge in [0.05, 0.1) is 35.2 Å². The van der Waals surface area contributed by atoms with E-state index in [4.69, 9.17) is 18.9 Å². The van der Waals surface area contributed by atoms with Crippen LogP contribution in [0.1, 0.15) is 21.5 Å². The van der Waals surface area contributed by atoms with Crippen molar-refractivity contribution in [1.29, 1.82) is 0 Å². The molecule has 0 aliphatic carbocycles. The number of aromatic nitrogens is 2. The van der Waals surface area contributed by atoms with Crippen LogP contribution in [-0.4, -0.2) is 48.2 Å². The molecular weight excluding hydrogens is 560 g/mol. The first-order valence-electron chi connectivity index (χ1n) is 13.7. The highest BCUT2D eigenvalue weighted by molar-refractivity contribution is 5.89. The molecule has 0 spiro atoms. The van der Waals surface area contributed by atoms with E-state index in [2.05, 4.69) is 5.10 Å². The van der Waals surface area contributed by atoms with Crippen molar-refractivity contribution in [1.82, 2.24) is 9.66 Å². The zero-order chi connectivity index (χ0) is 30.8. The third-order valence-corrected chi connectivity index (χ3v) is 7.11. The predicted octanol–water partition coefficient (Wildman–Crippen LogP) is 6.04. The first-order valence-corrected chi connectivity index (χ1v) is 13.7. The van der Waals surface area contributed by atoms with Gasteiger partial charge >= 0.3 is 5.97 Å². The summed E-state index contributed by atoms with van der Waals surface area (Å²) >= 11 is 0. The largest absolute Gasteiger partial charge is 0.496 e. The number of ether oxygens (including phenoxy) is 2. The van der Waals surface area contributed by atoms with Crippen LogP contribution < -0.4 is 19.9 Å². The van der Waals surface area contributed by atoms with Crippen LogP contribution in [0.2, 0.25) is 0 Å². The summed E-state index contributed by atoms with van der Waals surface area (Å²) < 4.78 is 19.0. The molecule has 0 amide bonds. The van der Waals surface area contributed by atoms with Crippen LogP contribution in [0.15, 0.2) is 105 Å². The van der Waals surface area contributed by atoms with E-state index < -0.39 is 5.97 Å². The van der Waals surface area contributed by atoms with Crippen LogP contribution in [0, 0.1) is 0 Å². The lowest BCUT2D eigenvalue weighted by Crippen LogP contribution is -2.20. The van der Waals surface area contributed by atoms with E-state index in [1.807, 2.05) is 61.5 Å². The Bertz CT molecular complexity index is 2110. The molecule has 0 saturated heterocycles. The van der Waals surface area contributed by atoms with Gasteiger partial charge < -0.3 is 23.9 Å².